The Bertz CT molecular complexity index is 1380. The van der Waals surface area contributed by atoms with Gasteiger partial charge in [-0.05, 0) is 68.4 Å². The molecule has 6 nitrogen and oxygen atoms in total. The lowest BCUT2D eigenvalue weighted by atomic mass is 9.69. The second kappa shape index (κ2) is 8.83. The van der Waals surface area contributed by atoms with Crippen molar-refractivity contribution in [2.24, 2.45) is 11.8 Å². The number of sulfone groups is 1. The largest absolute Gasteiger partial charge is 0.490 e. The average Bonchev–Trinajstić information content (AvgIpc) is 3.59. The molecule has 1 N–H and O–H groups in total. The van der Waals surface area contributed by atoms with Gasteiger partial charge in [0.1, 0.15) is 4.75 Å². The van der Waals surface area contributed by atoms with Crippen molar-refractivity contribution < 1.29 is 30.4 Å². The SMILES string of the molecule is O=S(=O)(C[C@@H]1CC[C@@]2(S(=O)(=O)c3ccc(Cl)cc3)c3c(F)c(Cl)cc(F)c3OC[C@H]2C1)NC1CC1. The Kier molecular flexibility index (Phi) is 6.36. The van der Waals surface area contributed by atoms with Crippen LogP contribution in [-0.2, 0) is 24.6 Å². The third-order valence-corrected chi connectivity index (χ3v) is 11.9. The number of nitrogens with one attached hydrogen (secondary N) is 1. The van der Waals surface area contributed by atoms with Gasteiger partial charge in [-0.2, -0.15) is 0 Å². The Morgan fingerprint density at radius 1 is 1.06 bits per heavy atom. The van der Waals surface area contributed by atoms with E-state index in [1.54, 1.807) is 0 Å². The molecular formula is C23H23Cl2F2NO5S2. The van der Waals surface area contributed by atoms with Gasteiger partial charge in [0.25, 0.3) is 0 Å². The number of benzene rings is 2. The molecule has 0 unspecified atom stereocenters. The summed E-state index contributed by atoms with van der Waals surface area (Å²) in [6, 6.07) is 6.20. The molecule has 2 fully saturated rings. The number of hydrogen-bond acceptors (Lipinski definition) is 5. The van der Waals surface area contributed by atoms with Crippen molar-refractivity contribution in [3.8, 4) is 5.75 Å². The summed E-state index contributed by atoms with van der Waals surface area (Å²) in [5.74, 6) is -3.83. The minimum Gasteiger partial charge on any atom is -0.490 e. The molecule has 3 atom stereocenters. The smallest absolute Gasteiger partial charge is 0.212 e. The Labute approximate surface area is 212 Å². The fourth-order valence-corrected chi connectivity index (χ4v) is 9.86. The zero-order chi connectivity index (χ0) is 25.2. The van der Waals surface area contributed by atoms with Crippen molar-refractivity contribution in [1.82, 2.24) is 4.72 Å². The fraction of sp³-hybridized carbons (Fsp3) is 0.478. The molecule has 0 saturated heterocycles. The van der Waals surface area contributed by atoms with Crippen molar-refractivity contribution in [2.75, 3.05) is 12.4 Å². The lowest BCUT2D eigenvalue weighted by Gasteiger charge is -2.49. The van der Waals surface area contributed by atoms with Crippen LogP contribution in [0.2, 0.25) is 10.0 Å². The van der Waals surface area contributed by atoms with Crippen LogP contribution >= 0.6 is 23.2 Å². The Morgan fingerprint density at radius 3 is 2.40 bits per heavy atom. The maximum Gasteiger partial charge on any atom is 0.212 e. The van der Waals surface area contributed by atoms with Gasteiger partial charge in [0.15, 0.2) is 27.2 Å². The minimum absolute atomic E-state index is 0.0444. The highest BCUT2D eigenvalue weighted by Gasteiger charge is 2.60. The summed E-state index contributed by atoms with van der Waals surface area (Å²) < 4.78 is 90.2. The standard InChI is InChI=1S/C23H23Cl2F2NO5S2/c24-15-1-5-17(6-2-15)35(31,32)23-8-7-13(12-34(29,30)28-16-3-4-16)9-14(23)11-33-22-19(26)10-18(25)21(27)20(22)23/h1-2,5-6,10,13-14,16,28H,3-4,7-9,11-12H2/t13-,14-,23+/m1/s1. The molecule has 2 aromatic carbocycles. The third kappa shape index (κ3) is 4.35. The van der Waals surface area contributed by atoms with Crippen molar-refractivity contribution in [2.45, 2.75) is 47.8 Å². The van der Waals surface area contributed by atoms with Crippen LogP contribution in [0.15, 0.2) is 35.2 Å². The van der Waals surface area contributed by atoms with Gasteiger partial charge >= 0.3 is 0 Å². The second-order valence-electron chi connectivity index (χ2n) is 9.53. The quantitative estimate of drug-likeness (QED) is 0.506. The Hall–Kier alpha value is -1.46. The third-order valence-electron chi connectivity index (χ3n) is 7.16. The van der Waals surface area contributed by atoms with Crippen LogP contribution in [0.25, 0.3) is 0 Å². The normalized spacial score (nSPS) is 26.5. The van der Waals surface area contributed by atoms with Gasteiger partial charge in [-0.15, -0.1) is 0 Å². The number of sulfonamides is 1. The number of fused-ring (bicyclic) bond motifs is 3. The van der Waals surface area contributed by atoms with Crippen LogP contribution in [0.4, 0.5) is 8.78 Å². The van der Waals surface area contributed by atoms with E-state index in [2.05, 4.69) is 4.72 Å². The first kappa shape index (κ1) is 25.2. The van der Waals surface area contributed by atoms with Crippen LogP contribution in [-0.4, -0.2) is 35.2 Å². The van der Waals surface area contributed by atoms with Gasteiger partial charge in [-0.25, -0.2) is 30.3 Å². The summed E-state index contributed by atoms with van der Waals surface area (Å²) in [5, 5.41) is -0.225. The zero-order valence-electron chi connectivity index (χ0n) is 18.4. The number of ether oxygens (including phenoxy) is 1. The monoisotopic (exact) mass is 565 g/mol. The molecule has 1 heterocycles. The van der Waals surface area contributed by atoms with E-state index < -0.39 is 58.5 Å². The second-order valence-corrected chi connectivity index (χ2v) is 14.4. The van der Waals surface area contributed by atoms with Crippen molar-refractivity contribution in [1.29, 1.82) is 0 Å². The van der Waals surface area contributed by atoms with Crippen LogP contribution in [0.1, 0.15) is 37.7 Å². The maximum absolute atomic E-state index is 15.5. The van der Waals surface area contributed by atoms with E-state index in [0.29, 0.717) is 5.02 Å². The van der Waals surface area contributed by atoms with Crippen LogP contribution < -0.4 is 9.46 Å². The molecule has 5 rings (SSSR count). The van der Waals surface area contributed by atoms with Gasteiger partial charge in [-0.1, -0.05) is 23.2 Å². The lowest BCUT2D eigenvalue weighted by molar-refractivity contribution is 0.103. The van der Waals surface area contributed by atoms with E-state index in [1.165, 1.54) is 24.3 Å². The summed E-state index contributed by atoms with van der Waals surface area (Å²) in [5.41, 5.74) is -0.425. The van der Waals surface area contributed by atoms with E-state index in [9.17, 15) is 21.2 Å². The van der Waals surface area contributed by atoms with Gasteiger partial charge in [0.05, 0.1) is 27.8 Å². The van der Waals surface area contributed by atoms with Gasteiger partial charge < -0.3 is 4.74 Å². The molecule has 190 valence electrons. The molecule has 12 heteroatoms. The minimum atomic E-state index is -4.32. The summed E-state index contributed by atoms with van der Waals surface area (Å²) in [7, 11) is -7.88. The average molecular weight is 566 g/mol. The molecular weight excluding hydrogens is 543 g/mol. The van der Waals surface area contributed by atoms with E-state index in [1.807, 2.05) is 0 Å². The molecule has 2 saturated carbocycles. The first-order chi connectivity index (χ1) is 16.4. The molecule has 0 aromatic heterocycles. The first-order valence-electron chi connectivity index (χ1n) is 11.3. The summed E-state index contributed by atoms with van der Waals surface area (Å²) in [6.07, 6.45) is 1.81. The zero-order valence-corrected chi connectivity index (χ0v) is 21.6. The van der Waals surface area contributed by atoms with Gasteiger partial charge in [0.2, 0.25) is 10.0 Å². The predicted octanol–water partition coefficient (Wildman–Crippen LogP) is 4.83. The predicted molar refractivity (Wildman–Crippen MR) is 128 cm³/mol. The molecule has 0 amide bonds. The fourth-order valence-electron chi connectivity index (χ4n) is 5.42. The molecule has 0 spiro atoms. The van der Waals surface area contributed by atoms with Gasteiger partial charge in [-0.3, -0.25) is 0 Å². The van der Waals surface area contributed by atoms with Gasteiger partial charge in [0, 0.05) is 17.0 Å². The molecule has 0 radical (unpaired) electrons. The topological polar surface area (TPSA) is 89.5 Å². The maximum atomic E-state index is 15.5. The summed E-state index contributed by atoms with van der Waals surface area (Å²) >= 11 is 11.9. The van der Waals surface area contributed by atoms with Crippen LogP contribution in [0.3, 0.4) is 0 Å². The highest BCUT2D eigenvalue weighted by molar-refractivity contribution is 7.92. The van der Waals surface area contributed by atoms with Crippen molar-refractivity contribution >= 4 is 43.1 Å². The Balaban J connectivity index is 1.61. The van der Waals surface area contributed by atoms with E-state index in [4.69, 9.17) is 27.9 Å². The van der Waals surface area contributed by atoms with E-state index >= 15 is 4.39 Å². The van der Waals surface area contributed by atoms with Crippen LogP contribution in [0, 0.1) is 23.5 Å². The van der Waals surface area contributed by atoms with Crippen molar-refractivity contribution in [3.63, 3.8) is 0 Å². The summed E-state index contributed by atoms with van der Waals surface area (Å²) in [4.78, 5) is -0.0963. The molecule has 35 heavy (non-hydrogen) atoms. The summed E-state index contributed by atoms with van der Waals surface area (Å²) in [6.45, 7) is -0.204. The van der Waals surface area contributed by atoms with Crippen molar-refractivity contribution in [3.05, 3.63) is 57.6 Å². The molecule has 1 aliphatic heterocycles. The van der Waals surface area contributed by atoms with E-state index in [0.717, 1.165) is 18.9 Å². The van der Waals surface area contributed by atoms with Crippen LogP contribution in [0.5, 0.6) is 5.75 Å². The first-order valence-corrected chi connectivity index (χ1v) is 15.1. The lowest BCUT2D eigenvalue weighted by Crippen LogP contribution is -2.53. The number of halogens is 4. The molecule has 0 bridgehead atoms. The molecule has 2 aliphatic carbocycles. The highest BCUT2D eigenvalue weighted by Crippen LogP contribution is 2.58. The number of rotatable bonds is 6. The molecule has 2 aromatic rings. The number of hydrogen-bond donors (Lipinski definition) is 1. The Morgan fingerprint density at radius 2 is 1.74 bits per heavy atom. The highest BCUT2D eigenvalue weighted by atomic mass is 35.5. The van der Waals surface area contributed by atoms with E-state index in [-0.39, 0.29) is 48.5 Å². The molecule has 3 aliphatic rings.